The summed E-state index contributed by atoms with van der Waals surface area (Å²) in [7, 11) is 0. The average Bonchev–Trinajstić information content (AvgIpc) is 2.96. The number of hydrogen-bond donors (Lipinski definition) is 3. The van der Waals surface area contributed by atoms with E-state index in [4.69, 9.17) is 0 Å². The molecule has 1 atom stereocenters. The molecule has 0 aromatic carbocycles. The van der Waals surface area contributed by atoms with Gasteiger partial charge in [-0.3, -0.25) is 9.59 Å². The Balaban J connectivity index is 3.53. The number of aliphatic hydroxyl groups is 1. The summed E-state index contributed by atoms with van der Waals surface area (Å²) in [4.78, 5) is 24.4. The molecule has 238 valence electrons. The van der Waals surface area contributed by atoms with Gasteiger partial charge in [-0.25, -0.2) is 0 Å². The summed E-state index contributed by atoms with van der Waals surface area (Å²) in [6.45, 7) is 4.69. The molecule has 0 saturated carbocycles. The maximum Gasteiger partial charge on any atom is 0.220 e. The van der Waals surface area contributed by atoms with Crippen molar-refractivity contribution < 1.29 is 14.7 Å². The fourth-order valence-corrected chi connectivity index (χ4v) is 5.39. The summed E-state index contributed by atoms with van der Waals surface area (Å²) in [6, 6.07) is -0.398. The molecule has 0 aromatic rings. The van der Waals surface area contributed by atoms with Crippen LogP contribution < -0.4 is 10.6 Å². The van der Waals surface area contributed by atoms with Gasteiger partial charge in [-0.15, -0.1) is 0 Å². The Morgan fingerprint density at radius 3 is 1.10 bits per heavy atom. The lowest BCUT2D eigenvalue weighted by Gasteiger charge is -2.17. The predicted molar refractivity (Wildman–Crippen MR) is 173 cm³/mol. The molecule has 0 fully saturated rings. The molecular formula is C35H70N2O3. The summed E-state index contributed by atoms with van der Waals surface area (Å²) < 4.78 is 0. The molecule has 0 saturated heterocycles. The van der Waals surface area contributed by atoms with Gasteiger partial charge in [0.15, 0.2) is 0 Å². The third kappa shape index (κ3) is 29.9. The Labute approximate surface area is 249 Å². The van der Waals surface area contributed by atoms with Crippen LogP contribution >= 0.6 is 0 Å². The quantitative estimate of drug-likeness (QED) is 0.0709. The van der Waals surface area contributed by atoms with Crippen LogP contribution in [-0.2, 0) is 9.59 Å². The van der Waals surface area contributed by atoms with Crippen LogP contribution in [0.4, 0.5) is 0 Å². The van der Waals surface area contributed by atoms with Crippen LogP contribution in [0.2, 0.25) is 0 Å². The SMILES string of the molecule is CCCCCCCCCCCCCCCC(=O)NC[C@H](CO)NC(=O)CCCCCCCCCCCCCCC. The molecule has 0 bridgehead atoms. The first-order chi connectivity index (χ1) is 19.6. The number of rotatable bonds is 32. The largest absolute Gasteiger partial charge is 0.394 e. The van der Waals surface area contributed by atoms with Crippen LogP contribution in [0.15, 0.2) is 0 Å². The summed E-state index contributed by atoms with van der Waals surface area (Å²) in [5, 5.41) is 15.4. The third-order valence-corrected chi connectivity index (χ3v) is 8.15. The predicted octanol–water partition coefficient (Wildman–Crippen LogP) is 9.54. The smallest absolute Gasteiger partial charge is 0.220 e. The topological polar surface area (TPSA) is 78.4 Å². The number of hydrogen-bond acceptors (Lipinski definition) is 3. The van der Waals surface area contributed by atoms with Crippen molar-refractivity contribution in [1.82, 2.24) is 10.6 Å². The van der Waals surface area contributed by atoms with Gasteiger partial charge in [0.05, 0.1) is 12.6 Å². The highest BCUT2D eigenvalue weighted by molar-refractivity contribution is 5.77. The highest BCUT2D eigenvalue weighted by atomic mass is 16.3. The second-order valence-corrected chi connectivity index (χ2v) is 12.2. The van der Waals surface area contributed by atoms with Crippen LogP contribution in [-0.4, -0.2) is 36.1 Å². The van der Waals surface area contributed by atoms with Crippen molar-refractivity contribution in [2.45, 2.75) is 200 Å². The normalized spacial score (nSPS) is 12.0. The number of nitrogens with one attached hydrogen (secondary N) is 2. The zero-order chi connectivity index (χ0) is 29.4. The standard InChI is InChI=1S/C35H70N2O3/c1-3-5-7-9-11-13-15-17-19-21-23-25-27-29-34(39)36-31-33(32-38)37-35(40)30-28-26-24-22-20-18-16-14-12-10-8-6-4-2/h33,38H,3-32H2,1-2H3,(H,36,39)(H,37,40)/t33-/m1/s1. The van der Waals surface area contributed by atoms with Crippen molar-refractivity contribution in [2.75, 3.05) is 13.2 Å². The maximum absolute atomic E-state index is 12.2. The van der Waals surface area contributed by atoms with Crippen molar-refractivity contribution in [3.8, 4) is 0 Å². The molecule has 3 N–H and O–H groups in total. The van der Waals surface area contributed by atoms with Gasteiger partial charge in [-0.1, -0.05) is 168 Å². The molecular weight excluding hydrogens is 496 g/mol. The van der Waals surface area contributed by atoms with Crippen LogP contribution in [0.5, 0.6) is 0 Å². The molecule has 2 amide bonds. The van der Waals surface area contributed by atoms with Crippen LogP contribution in [0.3, 0.4) is 0 Å². The lowest BCUT2D eigenvalue weighted by Crippen LogP contribution is -2.45. The minimum Gasteiger partial charge on any atom is -0.394 e. The molecule has 0 spiro atoms. The van der Waals surface area contributed by atoms with Gasteiger partial charge in [0.1, 0.15) is 0 Å². The lowest BCUT2D eigenvalue weighted by atomic mass is 10.0. The van der Waals surface area contributed by atoms with E-state index in [2.05, 4.69) is 24.5 Å². The first kappa shape index (κ1) is 38.9. The summed E-state index contributed by atoms with van der Waals surface area (Å²) in [5.41, 5.74) is 0. The highest BCUT2D eigenvalue weighted by Gasteiger charge is 2.12. The van der Waals surface area contributed by atoms with Gasteiger partial charge in [0.25, 0.3) is 0 Å². The molecule has 5 nitrogen and oxygen atoms in total. The minimum atomic E-state index is -0.398. The van der Waals surface area contributed by atoms with E-state index in [1.165, 1.54) is 141 Å². The zero-order valence-electron chi connectivity index (χ0n) is 27.1. The molecule has 0 aliphatic carbocycles. The average molecular weight is 567 g/mol. The molecule has 0 unspecified atom stereocenters. The second kappa shape index (κ2) is 32.4. The Kier molecular flexibility index (Phi) is 31.5. The van der Waals surface area contributed by atoms with Gasteiger partial charge in [0.2, 0.25) is 11.8 Å². The number of unbranched alkanes of at least 4 members (excludes halogenated alkanes) is 24. The van der Waals surface area contributed by atoms with E-state index >= 15 is 0 Å². The van der Waals surface area contributed by atoms with Crippen LogP contribution in [0.25, 0.3) is 0 Å². The summed E-state index contributed by atoms with van der Waals surface area (Å²) in [6.07, 6.45) is 34.6. The monoisotopic (exact) mass is 567 g/mol. The summed E-state index contributed by atoms with van der Waals surface area (Å²) >= 11 is 0. The molecule has 5 heteroatoms. The molecule has 40 heavy (non-hydrogen) atoms. The van der Waals surface area contributed by atoms with E-state index in [-0.39, 0.29) is 18.4 Å². The first-order valence-electron chi connectivity index (χ1n) is 17.8. The Hall–Kier alpha value is -1.10. The number of amides is 2. The van der Waals surface area contributed by atoms with Gasteiger partial charge in [-0.2, -0.15) is 0 Å². The fourth-order valence-electron chi connectivity index (χ4n) is 5.39. The molecule has 0 aliphatic heterocycles. The number of carbonyl (C=O) groups is 2. The van der Waals surface area contributed by atoms with Gasteiger partial charge in [0, 0.05) is 19.4 Å². The van der Waals surface area contributed by atoms with E-state index in [0.717, 1.165) is 25.7 Å². The third-order valence-electron chi connectivity index (χ3n) is 8.15. The van der Waals surface area contributed by atoms with E-state index < -0.39 is 6.04 Å². The molecule has 0 aliphatic rings. The highest BCUT2D eigenvalue weighted by Crippen LogP contribution is 2.14. The zero-order valence-corrected chi connectivity index (χ0v) is 27.1. The maximum atomic E-state index is 12.2. The second-order valence-electron chi connectivity index (χ2n) is 12.2. The minimum absolute atomic E-state index is 0.0205. The van der Waals surface area contributed by atoms with Crippen molar-refractivity contribution >= 4 is 11.8 Å². The van der Waals surface area contributed by atoms with Crippen molar-refractivity contribution in [1.29, 1.82) is 0 Å². The van der Waals surface area contributed by atoms with Crippen LogP contribution in [0.1, 0.15) is 194 Å². The molecule has 0 heterocycles. The van der Waals surface area contributed by atoms with E-state index in [9.17, 15) is 14.7 Å². The van der Waals surface area contributed by atoms with E-state index in [1.807, 2.05) is 0 Å². The van der Waals surface area contributed by atoms with Gasteiger partial charge < -0.3 is 15.7 Å². The van der Waals surface area contributed by atoms with Crippen LogP contribution in [0, 0.1) is 0 Å². The number of carbonyl (C=O) groups excluding carboxylic acids is 2. The first-order valence-corrected chi connectivity index (χ1v) is 17.8. The van der Waals surface area contributed by atoms with Crippen molar-refractivity contribution in [3.63, 3.8) is 0 Å². The van der Waals surface area contributed by atoms with E-state index in [0.29, 0.717) is 19.4 Å². The Bertz CT molecular complexity index is 541. The molecule has 0 aromatic heterocycles. The van der Waals surface area contributed by atoms with Crippen molar-refractivity contribution in [2.24, 2.45) is 0 Å². The lowest BCUT2D eigenvalue weighted by molar-refractivity contribution is -0.124. The Morgan fingerprint density at radius 1 is 0.475 bits per heavy atom. The fraction of sp³-hybridized carbons (Fsp3) is 0.943. The molecule has 0 radical (unpaired) electrons. The van der Waals surface area contributed by atoms with Crippen molar-refractivity contribution in [3.05, 3.63) is 0 Å². The van der Waals surface area contributed by atoms with E-state index in [1.54, 1.807) is 0 Å². The number of aliphatic hydroxyl groups excluding tert-OH is 1. The Morgan fingerprint density at radius 2 is 0.775 bits per heavy atom. The van der Waals surface area contributed by atoms with Gasteiger partial charge in [-0.05, 0) is 12.8 Å². The van der Waals surface area contributed by atoms with Gasteiger partial charge >= 0.3 is 0 Å². The molecule has 0 rings (SSSR count). The summed E-state index contributed by atoms with van der Waals surface area (Å²) in [5.74, 6) is 0.000120.